The second kappa shape index (κ2) is 10.6. The third-order valence-electron chi connectivity index (χ3n) is 5.96. The Bertz CT molecular complexity index is 1350. The fourth-order valence-electron chi connectivity index (χ4n) is 4.07. The lowest BCUT2D eigenvalue weighted by molar-refractivity contribution is 0.102. The van der Waals surface area contributed by atoms with Gasteiger partial charge < -0.3 is 15.1 Å². The van der Waals surface area contributed by atoms with E-state index in [0.717, 1.165) is 18.0 Å². The van der Waals surface area contributed by atoms with Crippen molar-refractivity contribution in [1.29, 1.82) is 0 Å². The molecule has 0 aromatic carbocycles. The van der Waals surface area contributed by atoms with Gasteiger partial charge in [-0.05, 0) is 19.1 Å². The molecule has 37 heavy (non-hydrogen) atoms. The third-order valence-corrected chi connectivity index (χ3v) is 5.96. The van der Waals surface area contributed by atoms with Gasteiger partial charge in [0, 0.05) is 43.6 Å². The Kier molecular flexibility index (Phi) is 6.92. The first kappa shape index (κ1) is 24.2. The molecule has 4 aromatic heterocycles. The third kappa shape index (κ3) is 5.50. The van der Waals surface area contributed by atoms with Gasteiger partial charge in [0.1, 0.15) is 12.5 Å². The van der Waals surface area contributed by atoms with Crippen molar-refractivity contribution in [2.45, 2.75) is 19.5 Å². The Morgan fingerprint density at radius 2 is 1.86 bits per heavy atom. The average Bonchev–Trinajstić information content (AvgIpc) is 3.39. The van der Waals surface area contributed by atoms with E-state index in [0.29, 0.717) is 48.5 Å². The summed E-state index contributed by atoms with van der Waals surface area (Å²) in [6, 6.07) is 3.45. The molecular formula is C24H24F2N10O. The van der Waals surface area contributed by atoms with Gasteiger partial charge in [-0.25, -0.2) is 28.7 Å². The molecule has 4 aromatic rings. The van der Waals surface area contributed by atoms with Crippen molar-refractivity contribution in [2.75, 3.05) is 41.4 Å². The largest absolute Gasteiger partial charge is 0.349 e. The van der Waals surface area contributed by atoms with Crippen LogP contribution >= 0.6 is 0 Å². The van der Waals surface area contributed by atoms with Gasteiger partial charge in [0.05, 0.1) is 48.8 Å². The zero-order chi connectivity index (χ0) is 25.8. The van der Waals surface area contributed by atoms with Crippen molar-refractivity contribution in [3.05, 3.63) is 66.9 Å². The molecule has 0 aliphatic carbocycles. The van der Waals surface area contributed by atoms with Crippen molar-refractivity contribution in [3.63, 3.8) is 0 Å². The highest BCUT2D eigenvalue weighted by Crippen LogP contribution is 2.21. The van der Waals surface area contributed by atoms with Crippen molar-refractivity contribution in [1.82, 2.24) is 34.7 Å². The minimum atomic E-state index is -0.500. The number of amides is 1. The molecule has 190 valence electrons. The fourth-order valence-corrected chi connectivity index (χ4v) is 4.07. The summed E-state index contributed by atoms with van der Waals surface area (Å²) >= 11 is 0. The second-order valence-corrected chi connectivity index (χ2v) is 8.52. The minimum Gasteiger partial charge on any atom is -0.349 e. The molecule has 5 heterocycles. The SMILES string of the molecule is C[C@H]1CN(c2ncc(F)cn2)CCN1c1cnc(NC(=O)c2ccc(-c3cnn(CCF)c3)nc2)cn1. The molecule has 0 bridgehead atoms. The molecular weight excluding hydrogens is 482 g/mol. The average molecular weight is 507 g/mol. The van der Waals surface area contributed by atoms with Crippen LogP contribution in [0.25, 0.3) is 11.3 Å². The number of carbonyl (C=O) groups excluding carboxylic acids is 1. The maximum Gasteiger partial charge on any atom is 0.258 e. The molecule has 13 heteroatoms. The van der Waals surface area contributed by atoms with Crippen LogP contribution in [0.3, 0.4) is 0 Å². The van der Waals surface area contributed by atoms with E-state index >= 15 is 0 Å². The van der Waals surface area contributed by atoms with E-state index in [1.165, 1.54) is 17.1 Å². The van der Waals surface area contributed by atoms with E-state index in [4.69, 9.17) is 0 Å². The van der Waals surface area contributed by atoms with Crippen LogP contribution < -0.4 is 15.1 Å². The van der Waals surface area contributed by atoms with E-state index in [1.807, 2.05) is 4.90 Å². The molecule has 1 atom stereocenters. The number of alkyl halides is 1. The highest BCUT2D eigenvalue weighted by Gasteiger charge is 2.26. The molecule has 1 aliphatic rings. The van der Waals surface area contributed by atoms with Crippen molar-refractivity contribution < 1.29 is 13.6 Å². The first-order valence-electron chi connectivity index (χ1n) is 11.7. The number of nitrogens with zero attached hydrogens (tertiary/aromatic N) is 9. The number of hydrogen-bond donors (Lipinski definition) is 1. The molecule has 0 spiro atoms. The Balaban J connectivity index is 1.18. The van der Waals surface area contributed by atoms with E-state index in [1.54, 1.807) is 30.7 Å². The number of nitrogens with one attached hydrogen (secondary N) is 1. The van der Waals surface area contributed by atoms with Gasteiger partial charge in [0.15, 0.2) is 11.6 Å². The van der Waals surface area contributed by atoms with E-state index in [2.05, 4.69) is 47.2 Å². The van der Waals surface area contributed by atoms with Crippen molar-refractivity contribution in [3.8, 4) is 11.3 Å². The number of halogens is 2. The Labute approximate surface area is 211 Å². The molecule has 0 radical (unpaired) electrons. The van der Waals surface area contributed by atoms with Gasteiger partial charge in [0.25, 0.3) is 5.91 Å². The number of pyridine rings is 1. The van der Waals surface area contributed by atoms with Gasteiger partial charge in [-0.1, -0.05) is 0 Å². The van der Waals surface area contributed by atoms with Gasteiger partial charge in [-0.2, -0.15) is 5.10 Å². The monoisotopic (exact) mass is 506 g/mol. The highest BCUT2D eigenvalue weighted by molar-refractivity contribution is 6.03. The quantitative estimate of drug-likeness (QED) is 0.404. The Hall–Kier alpha value is -4.55. The standard InChI is InChI=1S/C24H24F2N10O/c1-16-14-34(24-30-10-19(26)11-31-24)6-7-36(16)22-13-28-21(12-29-22)33-23(37)17-2-3-20(27-8-17)18-9-32-35(15-18)5-4-25/h2-3,8-13,15-16H,4-7,14H2,1H3,(H,28,33,37)/t16-/m0/s1. The highest BCUT2D eigenvalue weighted by atomic mass is 19.1. The molecule has 1 N–H and O–H groups in total. The summed E-state index contributed by atoms with van der Waals surface area (Å²) < 4.78 is 27.1. The lowest BCUT2D eigenvalue weighted by Gasteiger charge is -2.40. The zero-order valence-electron chi connectivity index (χ0n) is 20.0. The summed E-state index contributed by atoms with van der Waals surface area (Å²) in [6.45, 7) is 3.69. The smallest absolute Gasteiger partial charge is 0.258 e. The van der Waals surface area contributed by atoms with Gasteiger partial charge in [-0.3, -0.25) is 14.5 Å². The lowest BCUT2D eigenvalue weighted by Crippen LogP contribution is -2.53. The minimum absolute atomic E-state index is 0.0887. The predicted octanol–water partition coefficient (Wildman–Crippen LogP) is 2.60. The topological polar surface area (TPSA) is 118 Å². The van der Waals surface area contributed by atoms with E-state index in [-0.39, 0.29) is 18.5 Å². The first-order chi connectivity index (χ1) is 18.0. The zero-order valence-corrected chi connectivity index (χ0v) is 20.0. The van der Waals surface area contributed by atoms with Gasteiger partial charge >= 0.3 is 0 Å². The molecule has 1 aliphatic heterocycles. The van der Waals surface area contributed by atoms with Crippen molar-refractivity contribution in [2.24, 2.45) is 0 Å². The van der Waals surface area contributed by atoms with Crippen LogP contribution in [0.15, 0.2) is 55.5 Å². The number of anilines is 3. The summed E-state index contributed by atoms with van der Waals surface area (Å²) in [7, 11) is 0. The van der Waals surface area contributed by atoms with Crippen molar-refractivity contribution >= 4 is 23.5 Å². The molecule has 11 nitrogen and oxygen atoms in total. The molecule has 1 saturated heterocycles. The van der Waals surface area contributed by atoms with Crippen LogP contribution in [0.4, 0.5) is 26.4 Å². The fraction of sp³-hybridized carbons (Fsp3) is 0.292. The summed E-state index contributed by atoms with van der Waals surface area (Å²) in [4.78, 5) is 38.0. The van der Waals surface area contributed by atoms with Crippen LogP contribution in [0.2, 0.25) is 0 Å². The normalized spacial score (nSPS) is 15.6. The molecule has 1 fully saturated rings. The summed E-state index contributed by atoms with van der Waals surface area (Å²) in [5.41, 5.74) is 1.73. The number of piperazine rings is 1. The maximum absolute atomic E-state index is 13.1. The van der Waals surface area contributed by atoms with Gasteiger partial charge in [-0.15, -0.1) is 0 Å². The first-order valence-corrected chi connectivity index (χ1v) is 11.7. The molecule has 0 unspecified atom stereocenters. The summed E-state index contributed by atoms with van der Waals surface area (Å²) in [5, 5.41) is 6.81. The van der Waals surface area contributed by atoms with Crippen LogP contribution in [0, 0.1) is 5.82 Å². The predicted molar refractivity (Wildman–Crippen MR) is 132 cm³/mol. The number of aromatic nitrogens is 7. The van der Waals surface area contributed by atoms with Crippen LogP contribution in [-0.2, 0) is 6.54 Å². The summed E-state index contributed by atoms with van der Waals surface area (Å²) in [5.74, 6) is 0.660. The second-order valence-electron chi connectivity index (χ2n) is 8.52. The Morgan fingerprint density at radius 3 is 2.54 bits per heavy atom. The van der Waals surface area contributed by atoms with Crippen LogP contribution in [0.1, 0.15) is 17.3 Å². The molecule has 5 rings (SSSR count). The number of rotatable bonds is 7. The number of aryl methyl sites for hydroxylation is 1. The maximum atomic E-state index is 13.1. The van der Waals surface area contributed by atoms with Crippen LogP contribution in [-0.4, -0.2) is 73.0 Å². The van der Waals surface area contributed by atoms with Gasteiger partial charge in [0.2, 0.25) is 5.95 Å². The van der Waals surface area contributed by atoms with Crippen LogP contribution in [0.5, 0.6) is 0 Å². The number of carbonyl (C=O) groups is 1. The molecule has 0 saturated carbocycles. The van der Waals surface area contributed by atoms with E-state index < -0.39 is 12.5 Å². The summed E-state index contributed by atoms with van der Waals surface area (Å²) in [6.07, 6.45) is 10.2. The Morgan fingerprint density at radius 1 is 1.03 bits per heavy atom. The van der Waals surface area contributed by atoms with E-state index in [9.17, 15) is 13.6 Å². The molecule has 1 amide bonds. The lowest BCUT2D eigenvalue weighted by atomic mass is 10.2. The number of hydrogen-bond acceptors (Lipinski definition) is 9.